The average Bonchev–Trinajstić information content (AvgIpc) is 2.17. The highest BCUT2D eigenvalue weighted by Crippen LogP contribution is 2.13. The van der Waals surface area contributed by atoms with Crippen molar-refractivity contribution in [1.29, 1.82) is 0 Å². The molecule has 0 spiro atoms. The van der Waals surface area contributed by atoms with Crippen LogP contribution >= 0.6 is 0 Å². The lowest BCUT2D eigenvalue weighted by Crippen LogP contribution is -2.40. The van der Waals surface area contributed by atoms with Crippen LogP contribution in [0.15, 0.2) is 0 Å². The molecule has 1 heterocycles. The van der Waals surface area contributed by atoms with Crippen LogP contribution in [0.2, 0.25) is 0 Å². The van der Waals surface area contributed by atoms with Crippen molar-refractivity contribution in [3.8, 4) is 0 Å². The first-order valence-corrected chi connectivity index (χ1v) is 3.26. The van der Waals surface area contributed by atoms with E-state index in [0.717, 1.165) is 25.9 Å². The number of nitrogens with one attached hydrogen (secondary N) is 1. The fourth-order valence-corrected chi connectivity index (χ4v) is 1.06. The minimum atomic E-state index is 0.125. The summed E-state index contributed by atoms with van der Waals surface area (Å²) in [6, 6.07) is 0. The molecular weight excluding hydrogens is 100 g/mol. The number of hydrogen-bond acceptors (Lipinski definition) is 2. The van der Waals surface area contributed by atoms with Gasteiger partial charge >= 0.3 is 0 Å². The van der Waals surface area contributed by atoms with Gasteiger partial charge in [0.1, 0.15) is 0 Å². The Morgan fingerprint density at radius 1 is 1.75 bits per heavy atom. The van der Waals surface area contributed by atoms with E-state index < -0.39 is 0 Å². The van der Waals surface area contributed by atoms with Gasteiger partial charge in [-0.15, -0.1) is 0 Å². The molecule has 0 unspecified atom stereocenters. The second-order valence-electron chi connectivity index (χ2n) is 2.64. The highest BCUT2D eigenvalue weighted by atomic mass is 15.0. The predicted octanol–water partition coefficient (Wildman–Crippen LogP) is 0.0872. The zero-order chi connectivity index (χ0) is 6.04. The Morgan fingerprint density at radius 2 is 2.50 bits per heavy atom. The van der Waals surface area contributed by atoms with Crippen molar-refractivity contribution >= 4 is 0 Å². The summed E-state index contributed by atoms with van der Waals surface area (Å²) < 4.78 is 0. The molecule has 1 rings (SSSR count). The molecule has 0 aliphatic carbocycles. The summed E-state index contributed by atoms with van der Waals surface area (Å²) in [5.74, 6) is 0. The standard InChI is InChI=1S/C6H14N2/c1-2-6(7)3-4-8-5-6/h8H,2-5,7H2,1H3/t6-/m1/s1. The summed E-state index contributed by atoms with van der Waals surface area (Å²) in [7, 11) is 0. The SMILES string of the molecule is CC[C@@]1(N)CCNC1. The van der Waals surface area contributed by atoms with Gasteiger partial charge in [0.25, 0.3) is 0 Å². The fraction of sp³-hybridized carbons (Fsp3) is 1.00. The molecule has 1 saturated heterocycles. The molecule has 0 bridgehead atoms. The molecule has 0 amide bonds. The summed E-state index contributed by atoms with van der Waals surface area (Å²) in [5.41, 5.74) is 6.02. The molecular formula is C6H14N2. The van der Waals surface area contributed by atoms with Crippen LogP contribution in [0, 0.1) is 0 Å². The third-order valence-corrected chi connectivity index (χ3v) is 1.98. The monoisotopic (exact) mass is 114 g/mol. The minimum absolute atomic E-state index is 0.125. The second kappa shape index (κ2) is 2.03. The third kappa shape index (κ3) is 1.01. The van der Waals surface area contributed by atoms with E-state index in [1.807, 2.05) is 0 Å². The Balaban J connectivity index is 2.40. The van der Waals surface area contributed by atoms with Gasteiger partial charge in [0.05, 0.1) is 0 Å². The van der Waals surface area contributed by atoms with Crippen LogP contribution in [-0.2, 0) is 0 Å². The van der Waals surface area contributed by atoms with E-state index in [2.05, 4.69) is 12.2 Å². The molecule has 1 fully saturated rings. The van der Waals surface area contributed by atoms with Crippen molar-refractivity contribution in [2.24, 2.45) is 5.73 Å². The Kier molecular flexibility index (Phi) is 1.54. The molecule has 48 valence electrons. The normalized spacial score (nSPS) is 38.2. The van der Waals surface area contributed by atoms with Crippen molar-refractivity contribution in [3.63, 3.8) is 0 Å². The molecule has 3 N–H and O–H groups in total. The topological polar surface area (TPSA) is 38.0 Å². The molecule has 2 nitrogen and oxygen atoms in total. The molecule has 2 heteroatoms. The van der Waals surface area contributed by atoms with E-state index in [0.29, 0.717) is 0 Å². The van der Waals surface area contributed by atoms with Crippen LogP contribution in [0.25, 0.3) is 0 Å². The number of rotatable bonds is 1. The minimum Gasteiger partial charge on any atom is -0.324 e. The Hall–Kier alpha value is -0.0800. The highest BCUT2D eigenvalue weighted by molar-refractivity contribution is 4.90. The predicted molar refractivity (Wildman–Crippen MR) is 34.7 cm³/mol. The lowest BCUT2D eigenvalue weighted by atomic mass is 9.97. The molecule has 8 heavy (non-hydrogen) atoms. The smallest absolute Gasteiger partial charge is 0.0290 e. The Bertz CT molecular complexity index is 74.6. The maximum Gasteiger partial charge on any atom is 0.0290 e. The van der Waals surface area contributed by atoms with Crippen LogP contribution in [0.3, 0.4) is 0 Å². The van der Waals surface area contributed by atoms with Crippen molar-refractivity contribution in [3.05, 3.63) is 0 Å². The van der Waals surface area contributed by atoms with E-state index in [-0.39, 0.29) is 5.54 Å². The van der Waals surface area contributed by atoms with E-state index >= 15 is 0 Å². The average molecular weight is 114 g/mol. The van der Waals surface area contributed by atoms with E-state index in [4.69, 9.17) is 5.73 Å². The van der Waals surface area contributed by atoms with Crippen molar-refractivity contribution in [2.45, 2.75) is 25.3 Å². The summed E-state index contributed by atoms with van der Waals surface area (Å²) in [6.07, 6.45) is 2.24. The molecule has 0 saturated carbocycles. The molecule has 0 aromatic carbocycles. The van der Waals surface area contributed by atoms with Crippen LogP contribution in [0.4, 0.5) is 0 Å². The van der Waals surface area contributed by atoms with E-state index in [1.54, 1.807) is 0 Å². The molecule has 0 radical (unpaired) electrons. The molecule has 0 aromatic rings. The van der Waals surface area contributed by atoms with Gasteiger partial charge in [0.15, 0.2) is 0 Å². The molecule has 1 aliphatic heterocycles. The quantitative estimate of drug-likeness (QED) is 0.507. The van der Waals surface area contributed by atoms with Gasteiger partial charge in [0.2, 0.25) is 0 Å². The van der Waals surface area contributed by atoms with Crippen molar-refractivity contribution in [1.82, 2.24) is 5.32 Å². The zero-order valence-corrected chi connectivity index (χ0v) is 5.41. The lowest BCUT2D eigenvalue weighted by Gasteiger charge is -2.18. The first kappa shape index (κ1) is 6.05. The first-order valence-electron chi connectivity index (χ1n) is 3.26. The van der Waals surface area contributed by atoms with Crippen molar-refractivity contribution < 1.29 is 0 Å². The van der Waals surface area contributed by atoms with Crippen LogP contribution < -0.4 is 11.1 Å². The van der Waals surface area contributed by atoms with Gasteiger partial charge in [-0.05, 0) is 19.4 Å². The van der Waals surface area contributed by atoms with E-state index in [1.165, 1.54) is 0 Å². The summed E-state index contributed by atoms with van der Waals surface area (Å²) in [6.45, 7) is 4.25. The number of nitrogens with two attached hydrogens (primary N) is 1. The highest BCUT2D eigenvalue weighted by Gasteiger charge is 2.26. The van der Waals surface area contributed by atoms with Gasteiger partial charge in [0, 0.05) is 12.1 Å². The Labute approximate surface area is 50.4 Å². The summed E-state index contributed by atoms with van der Waals surface area (Å²) in [4.78, 5) is 0. The maximum atomic E-state index is 5.90. The number of hydrogen-bond donors (Lipinski definition) is 2. The maximum absolute atomic E-state index is 5.90. The molecule has 1 atom stereocenters. The lowest BCUT2D eigenvalue weighted by molar-refractivity contribution is 0.452. The van der Waals surface area contributed by atoms with E-state index in [9.17, 15) is 0 Å². The third-order valence-electron chi connectivity index (χ3n) is 1.98. The van der Waals surface area contributed by atoms with Crippen LogP contribution in [-0.4, -0.2) is 18.6 Å². The van der Waals surface area contributed by atoms with Gasteiger partial charge in [-0.2, -0.15) is 0 Å². The van der Waals surface area contributed by atoms with Gasteiger partial charge in [-0.1, -0.05) is 6.92 Å². The van der Waals surface area contributed by atoms with Gasteiger partial charge < -0.3 is 11.1 Å². The first-order chi connectivity index (χ1) is 3.77. The molecule has 0 aromatic heterocycles. The van der Waals surface area contributed by atoms with Crippen LogP contribution in [0.5, 0.6) is 0 Å². The second-order valence-corrected chi connectivity index (χ2v) is 2.64. The van der Waals surface area contributed by atoms with Crippen molar-refractivity contribution in [2.75, 3.05) is 13.1 Å². The van der Waals surface area contributed by atoms with Gasteiger partial charge in [-0.25, -0.2) is 0 Å². The molecule has 1 aliphatic rings. The largest absolute Gasteiger partial charge is 0.324 e. The summed E-state index contributed by atoms with van der Waals surface area (Å²) >= 11 is 0. The van der Waals surface area contributed by atoms with Crippen LogP contribution in [0.1, 0.15) is 19.8 Å². The summed E-state index contributed by atoms with van der Waals surface area (Å²) in [5, 5.41) is 3.24. The Morgan fingerprint density at radius 3 is 2.75 bits per heavy atom. The zero-order valence-electron chi connectivity index (χ0n) is 5.41. The van der Waals surface area contributed by atoms with Gasteiger partial charge in [-0.3, -0.25) is 0 Å². The fourth-order valence-electron chi connectivity index (χ4n) is 1.06.